The number of hydrogen-bond donors (Lipinski definition) is 1. The zero-order valence-electron chi connectivity index (χ0n) is 14.4. The maximum Gasteiger partial charge on any atom is 0.418 e. The number of amides is 2. The molecule has 1 aromatic rings. The van der Waals surface area contributed by atoms with Crippen molar-refractivity contribution in [2.75, 3.05) is 18.0 Å². The average molecular weight is 379 g/mol. The van der Waals surface area contributed by atoms with E-state index in [2.05, 4.69) is 5.32 Å². The summed E-state index contributed by atoms with van der Waals surface area (Å²) in [6, 6.07) is 3.20. The Labute approximate surface area is 150 Å². The molecule has 0 saturated heterocycles. The van der Waals surface area contributed by atoms with Crippen LogP contribution in [0.1, 0.15) is 39.2 Å². The Bertz CT molecular complexity index is 618. The minimum absolute atomic E-state index is 0.0778. The topological polar surface area (TPSA) is 49.4 Å². The highest BCUT2D eigenvalue weighted by atomic mass is 35.5. The summed E-state index contributed by atoms with van der Waals surface area (Å²) in [5.41, 5.74) is -1.31. The predicted molar refractivity (Wildman–Crippen MR) is 91.6 cm³/mol. The number of benzene rings is 1. The van der Waals surface area contributed by atoms with Crippen molar-refractivity contribution in [1.29, 1.82) is 0 Å². The molecular formula is C17H22ClF3N2O2. The van der Waals surface area contributed by atoms with E-state index in [1.165, 1.54) is 6.07 Å². The van der Waals surface area contributed by atoms with E-state index in [9.17, 15) is 22.8 Å². The van der Waals surface area contributed by atoms with Gasteiger partial charge in [0.1, 0.15) is 0 Å². The van der Waals surface area contributed by atoms with Crippen molar-refractivity contribution in [2.24, 2.45) is 5.92 Å². The van der Waals surface area contributed by atoms with Gasteiger partial charge in [-0.15, -0.1) is 0 Å². The summed E-state index contributed by atoms with van der Waals surface area (Å²) < 4.78 is 39.7. The van der Waals surface area contributed by atoms with Crippen molar-refractivity contribution < 1.29 is 22.8 Å². The Morgan fingerprint density at radius 1 is 1.28 bits per heavy atom. The van der Waals surface area contributed by atoms with Gasteiger partial charge in [-0.3, -0.25) is 9.59 Å². The van der Waals surface area contributed by atoms with Crippen molar-refractivity contribution >= 4 is 29.1 Å². The number of nitrogens with zero attached hydrogens (tertiary/aromatic N) is 1. The summed E-state index contributed by atoms with van der Waals surface area (Å²) in [5, 5.41) is 2.62. The summed E-state index contributed by atoms with van der Waals surface area (Å²) in [4.78, 5) is 24.6. The van der Waals surface area contributed by atoms with Crippen LogP contribution in [0.25, 0.3) is 0 Å². The Morgan fingerprint density at radius 2 is 1.92 bits per heavy atom. The number of carbonyl (C=O) groups is 2. The van der Waals surface area contributed by atoms with E-state index in [1.54, 1.807) is 0 Å². The summed E-state index contributed by atoms with van der Waals surface area (Å²) in [6.07, 6.45) is -3.94. The van der Waals surface area contributed by atoms with Crippen LogP contribution in [-0.4, -0.2) is 24.9 Å². The van der Waals surface area contributed by atoms with E-state index in [4.69, 9.17) is 11.6 Å². The largest absolute Gasteiger partial charge is 0.418 e. The van der Waals surface area contributed by atoms with Gasteiger partial charge < -0.3 is 10.2 Å². The molecule has 1 N–H and O–H groups in total. The van der Waals surface area contributed by atoms with E-state index in [0.717, 1.165) is 30.4 Å². The molecule has 4 nitrogen and oxygen atoms in total. The molecule has 0 aromatic heterocycles. The normalized spacial score (nSPS) is 11.5. The Hall–Kier alpha value is -1.76. The maximum absolute atomic E-state index is 13.2. The molecule has 140 valence electrons. The molecule has 0 radical (unpaired) electrons. The molecule has 0 aliphatic carbocycles. The summed E-state index contributed by atoms with van der Waals surface area (Å²) in [5.74, 6) is -0.463. The third kappa shape index (κ3) is 6.94. The first kappa shape index (κ1) is 21.3. The average Bonchev–Trinajstić information content (AvgIpc) is 2.47. The lowest BCUT2D eigenvalue weighted by molar-refractivity contribution is -0.137. The molecule has 0 unspecified atom stereocenters. The van der Waals surface area contributed by atoms with Crippen LogP contribution in [0.5, 0.6) is 0 Å². The van der Waals surface area contributed by atoms with Gasteiger partial charge in [0.25, 0.3) is 0 Å². The van der Waals surface area contributed by atoms with Gasteiger partial charge in [0.2, 0.25) is 11.8 Å². The maximum atomic E-state index is 13.2. The minimum Gasteiger partial charge on any atom is -0.356 e. The van der Waals surface area contributed by atoms with Crippen molar-refractivity contribution in [2.45, 2.75) is 39.8 Å². The van der Waals surface area contributed by atoms with Gasteiger partial charge in [0, 0.05) is 31.5 Å². The Morgan fingerprint density at radius 3 is 2.44 bits per heavy atom. The van der Waals surface area contributed by atoms with E-state index in [0.29, 0.717) is 12.5 Å². The quantitative estimate of drug-likeness (QED) is 0.770. The Balaban J connectivity index is 2.88. The van der Waals surface area contributed by atoms with Crippen LogP contribution in [0.4, 0.5) is 18.9 Å². The third-order valence-corrected chi connectivity index (χ3v) is 3.78. The van der Waals surface area contributed by atoms with E-state index in [1.807, 2.05) is 13.8 Å². The molecule has 1 aromatic carbocycles. The first-order chi connectivity index (χ1) is 11.5. The first-order valence-corrected chi connectivity index (χ1v) is 8.31. The molecule has 0 atom stereocenters. The highest BCUT2D eigenvalue weighted by Crippen LogP contribution is 2.38. The lowest BCUT2D eigenvalue weighted by Gasteiger charge is -2.25. The molecule has 0 aliphatic heterocycles. The highest BCUT2D eigenvalue weighted by molar-refractivity contribution is 6.30. The molecule has 0 bridgehead atoms. The summed E-state index contributed by atoms with van der Waals surface area (Å²) in [6.45, 7) is 5.54. The first-order valence-electron chi connectivity index (χ1n) is 7.94. The number of hydrogen-bond acceptors (Lipinski definition) is 2. The molecule has 0 fully saturated rings. The van der Waals surface area contributed by atoms with Gasteiger partial charge >= 0.3 is 6.18 Å². The van der Waals surface area contributed by atoms with Gasteiger partial charge in [-0.25, -0.2) is 0 Å². The summed E-state index contributed by atoms with van der Waals surface area (Å²) in [7, 11) is 0. The lowest BCUT2D eigenvalue weighted by atomic mass is 10.1. The molecule has 2 amide bonds. The van der Waals surface area contributed by atoms with Crippen molar-refractivity contribution in [3.05, 3.63) is 28.8 Å². The van der Waals surface area contributed by atoms with Crippen LogP contribution in [0.15, 0.2) is 18.2 Å². The van der Waals surface area contributed by atoms with Gasteiger partial charge in [-0.1, -0.05) is 25.4 Å². The lowest BCUT2D eigenvalue weighted by Crippen LogP contribution is -2.35. The fourth-order valence-corrected chi connectivity index (χ4v) is 2.39. The number of rotatable bonds is 7. The highest BCUT2D eigenvalue weighted by Gasteiger charge is 2.36. The molecule has 0 heterocycles. The molecule has 0 saturated carbocycles. The predicted octanol–water partition coefficient (Wildman–Crippen LogP) is 4.26. The van der Waals surface area contributed by atoms with E-state index >= 15 is 0 Å². The molecule has 8 heteroatoms. The van der Waals surface area contributed by atoms with Crippen LogP contribution in [-0.2, 0) is 15.8 Å². The zero-order valence-corrected chi connectivity index (χ0v) is 15.2. The second kappa shape index (κ2) is 9.08. The SMILES string of the molecule is CC(=O)N(CCC(=O)NCCC(C)C)c1ccc(Cl)cc1C(F)(F)F. The number of anilines is 1. The number of alkyl halides is 3. The third-order valence-electron chi connectivity index (χ3n) is 3.54. The second-order valence-corrected chi connectivity index (χ2v) is 6.55. The fraction of sp³-hybridized carbons (Fsp3) is 0.529. The van der Waals surface area contributed by atoms with Gasteiger partial charge in [-0.05, 0) is 30.5 Å². The van der Waals surface area contributed by atoms with Crippen LogP contribution in [0, 0.1) is 5.92 Å². The molecular weight excluding hydrogens is 357 g/mol. The molecule has 1 rings (SSSR count). The second-order valence-electron chi connectivity index (χ2n) is 6.11. The van der Waals surface area contributed by atoms with E-state index < -0.39 is 17.6 Å². The standard InChI is InChI=1S/C17H22ClF3N2O2/c1-11(2)6-8-22-16(25)7-9-23(12(3)24)15-5-4-13(18)10-14(15)17(19,20)21/h4-5,10-11H,6-9H2,1-3H3,(H,22,25). The number of carbonyl (C=O) groups excluding carboxylic acids is 2. The molecule has 0 aliphatic rings. The molecule has 0 spiro atoms. The van der Waals surface area contributed by atoms with Crippen molar-refractivity contribution in [1.82, 2.24) is 5.32 Å². The van der Waals surface area contributed by atoms with E-state index in [-0.39, 0.29) is 29.6 Å². The van der Waals surface area contributed by atoms with Crippen LogP contribution < -0.4 is 10.2 Å². The fourth-order valence-electron chi connectivity index (χ4n) is 2.22. The van der Waals surface area contributed by atoms with Gasteiger partial charge in [0.15, 0.2) is 0 Å². The minimum atomic E-state index is -4.66. The molecule has 25 heavy (non-hydrogen) atoms. The van der Waals surface area contributed by atoms with Gasteiger partial charge in [-0.2, -0.15) is 13.2 Å². The number of halogens is 4. The van der Waals surface area contributed by atoms with Crippen molar-refractivity contribution in [3.63, 3.8) is 0 Å². The smallest absolute Gasteiger partial charge is 0.356 e. The van der Waals surface area contributed by atoms with Crippen LogP contribution in [0.2, 0.25) is 5.02 Å². The van der Waals surface area contributed by atoms with Crippen LogP contribution >= 0.6 is 11.6 Å². The van der Waals surface area contributed by atoms with Crippen LogP contribution in [0.3, 0.4) is 0 Å². The number of nitrogens with one attached hydrogen (secondary N) is 1. The Kier molecular flexibility index (Phi) is 7.73. The zero-order chi connectivity index (χ0) is 19.2. The van der Waals surface area contributed by atoms with Gasteiger partial charge in [0.05, 0.1) is 11.3 Å². The monoisotopic (exact) mass is 378 g/mol. The summed E-state index contributed by atoms with van der Waals surface area (Å²) >= 11 is 5.65. The van der Waals surface area contributed by atoms with Crippen molar-refractivity contribution in [3.8, 4) is 0 Å².